The Morgan fingerprint density at radius 3 is 2.50 bits per heavy atom. The number of hydrogen-bond acceptors (Lipinski definition) is 5. The van der Waals surface area contributed by atoms with Crippen LogP contribution in [0.25, 0.3) is 11.3 Å². The molecule has 9 heteroatoms. The highest BCUT2D eigenvalue weighted by molar-refractivity contribution is 7.99. The van der Waals surface area contributed by atoms with Gasteiger partial charge in [0.25, 0.3) is 0 Å². The number of alkyl halides is 3. The quantitative estimate of drug-likeness (QED) is 0.426. The first-order chi connectivity index (χ1) is 12.3. The molecule has 0 saturated heterocycles. The van der Waals surface area contributed by atoms with Crippen molar-refractivity contribution in [2.75, 3.05) is 5.75 Å². The number of carbonyl (C=O) groups excluding carboxylic acids is 1. The molecule has 0 aliphatic heterocycles. The van der Waals surface area contributed by atoms with E-state index in [-0.39, 0.29) is 17.3 Å². The zero-order chi connectivity index (χ0) is 18.7. The van der Waals surface area contributed by atoms with Crippen molar-refractivity contribution in [3.8, 4) is 11.3 Å². The summed E-state index contributed by atoms with van der Waals surface area (Å²) in [6.07, 6.45) is -3.70. The van der Waals surface area contributed by atoms with E-state index in [0.717, 1.165) is 29.6 Å². The molecular formula is C17H10ClF3N2O2S. The smallest absolute Gasteiger partial charge is 0.352 e. The Labute approximate surface area is 155 Å². The average molecular weight is 399 g/mol. The largest absolute Gasteiger partial charge is 0.417 e. The number of ketones is 1. The fraction of sp³-hybridized carbons (Fsp3) is 0.118. The predicted molar refractivity (Wildman–Crippen MR) is 91.2 cm³/mol. The van der Waals surface area contributed by atoms with Crippen LogP contribution >= 0.6 is 23.4 Å². The molecule has 0 amide bonds. The van der Waals surface area contributed by atoms with Crippen LogP contribution in [-0.2, 0) is 6.18 Å². The van der Waals surface area contributed by atoms with Crippen molar-refractivity contribution in [1.29, 1.82) is 0 Å². The van der Waals surface area contributed by atoms with Crippen LogP contribution < -0.4 is 0 Å². The van der Waals surface area contributed by atoms with Crippen molar-refractivity contribution < 1.29 is 22.5 Å². The number of rotatable bonds is 5. The Hall–Kier alpha value is -2.32. The maximum absolute atomic E-state index is 12.5. The molecule has 0 aliphatic rings. The van der Waals surface area contributed by atoms with E-state index in [1.165, 1.54) is 12.1 Å². The van der Waals surface area contributed by atoms with Crippen molar-refractivity contribution in [3.05, 3.63) is 65.0 Å². The van der Waals surface area contributed by atoms with Crippen molar-refractivity contribution in [3.63, 3.8) is 0 Å². The van der Waals surface area contributed by atoms with Gasteiger partial charge in [-0.15, -0.1) is 0 Å². The highest BCUT2D eigenvalue weighted by atomic mass is 35.5. The number of Topliss-reactive ketones (excluding diaryl/α,β-unsaturated/α-hetero) is 1. The van der Waals surface area contributed by atoms with Gasteiger partial charge in [-0.3, -0.25) is 4.79 Å². The molecule has 4 nitrogen and oxygen atoms in total. The lowest BCUT2D eigenvalue weighted by Crippen LogP contribution is -2.05. The standard InChI is InChI=1S/C17H10ClF3N2O2S/c18-12-4-1-10(2-5-12)13-7-15(25-23-13)14(24)9-26-16-6-3-11(8-22-16)17(19,20)21/h1-8H,9H2. The molecule has 0 atom stereocenters. The average Bonchev–Trinajstić information content (AvgIpc) is 3.10. The van der Waals surface area contributed by atoms with Gasteiger partial charge < -0.3 is 4.52 Å². The maximum atomic E-state index is 12.5. The van der Waals surface area contributed by atoms with Crippen LogP contribution in [-0.4, -0.2) is 21.7 Å². The lowest BCUT2D eigenvalue weighted by molar-refractivity contribution is -0.137. The molecule has 26 heavy (non-hydrogen) atoms. The van der Waals surface area contributed by atoms with Gasteiger partial charge >= 0.3 is 6.18 Å². The molecule has 0 N–H and O–H groups in total. The van der Waals surface area contributed by atoms with Crippen molar-refractivity contribution in [2.45, 2.75) is 11.2 Å². The summed E-state index contributed by atoms with van der Waals surface area (Å²) >= 11 is 6.84. The summed E-state index contributed by atoms with van der Waals surface area (Å²) in [6.45, 7) is 0. The second-order valence-electron chi connectivity index (χ2n) is 5.18. The van der Waals surface area contributed by atoms with E-state index in [2.05, 4.69) is 10.1 Å². The van der Waals surface area contributed by atoms with Gasteiger partial charge in [0.05, 0.1) is 16.3 Å². The van der Waals surface area contributed by atoms with Crippen LogP contribution in [0.15, 0.2) is 58.2 Å². The molecule has 0 saturated carbocycles. The monoisotopic (exact) mass is 398 g/mol. The van der Waals surface area contributed by atoms with Crippen LogP contribution in [0.1, 0.15) is 16.1 Å². The van der Waals surface area contributed by atoms with Gasteiger partial charge in [0.2, 0.25) is 11.5 Å². The molecule has 0 fully saturated rings. The molecule has 0 unspecified atom stereocenters. The number of carbonyl (C=O) groups is 1. The number of benzene rings is 1. The van der Waals surface area contributed by atoms with Crippen LogP contribution in [0.4, 0.5) is 13.2 Å². The SMILES string of the molecule is O=C(CSc1ccc(C(F)(F)F)cn1)c1cc(-c2ccc(Cl)cc2)no1. The summed E-state index contributed by atoms with van der Waals surface area (Å²) in [6, 6.07) is 10.5. The molecule has 2 aromatic heterocycles. The molecule has 0 radical (unpaired) electrons. The molecule has 0 spiro atoms. The summed E-state index contributed by atoms with van der Waals surface area (Å²) in [5, 5.41) is 4.73. The summed E-state index contributed by atoms with van der Waals surface area (Å²) in [5.74, 6) is -0.313. The second kappa shape index (κ2) is 7.51. The number of pyridine rings is 1. The normalized spacial score (nSPS) is 11.5. The van der Waals surface area contributed by atoms with Crippen molar-refractivity contribution >= 4 is 29.1 Å². The van der Waals surface area contributed by atoms with E-state index in [0.29, 0.717) is 15.7 Å². The summed E-state index contributed by atoms with van der Waals surface area (Å²) in [4.78, 5) is 15.9. The second-order valence-corrected chi connectivity index (χ2v) is 6.61. The first kappa shape index (κ1) is 18.5. The van der Waals surface area contributed by atoms with Gasteiger partial charge in [0.15, 0.2) is 0 Å². The van der Waals surface area contributed by atoms with E-state index in [4.69, 9.17) is 16.1 Å². The maximum Gasteiger partial charge on any atom is 0.417 e. The molecule has 2 heterocycles. The Morgan fingerprint density at radius 2 is 1.88 bits per heavy atom. The van der Waals surface area contributed by atoms with E-state index < -0.39 is 11.7 Å². The van der Waals surface area contributed by atoms with Crippen molar-refractivity contribution in [2.24, 2.45) is 0 Å². The number of hydrogen-bond donors (Lipinski definition) is 0. The van der Waals surface area contributed by atoms with Crippen LogP contribution in [0.3, 0.4) is 0 Å². The summed E-state index contributed by atoms with van der Waals surface area (Å²) < 4.78 is 42.5. The number of aromatic nitrogens is 2. The predicted octanol–water partition coefficient (Wildman–Crippen LogP) is 5.38. The third-order valence-corrected chi connectivity index (χ3v) is 4.54. The Morgan fingerprint density at radius 1 is 1.15 bits per heavy atom. The number of thioether (sulfide) groups is 1. The first-order valence-corrected chi connectivity index (χ1v) is 8.61. The van der Waals surface area contributed by atoms with Gasteiger partial charge in [0, 0.05) is 22.8 Å². The molecule has 1 aromatic carbocycles. The minimum atomic E-state index is -4.44. The molecule has 134 valence electrons. The van der Waals surface area contributed by atoms with Crippen LogP contribution in [0, 0.1) is 0 Å². The lowest BCUT2D eigenvalue weighted by atomic mass is 10.1. The molecule has 0 bridgehead atoms. The third kappa shape index (κ3) is 4.44. The molecule has 3 aromatic rings. The van der Waals surface area contributed by atoms with E-state index in [9.17, 15) is 18.0 Å². The van der Waals surface area contributed by atoms with Gasteiger partial charge in [-0.2, -0.15) is 13.2 Å². The van der Waals surface area contributed by atoms with Crippen LogP contribution in [0.2, 0.25) is 5.02 Å². The van der Waals surface area contributed by atoms with E-state index in [1.807, 2.05) is 0 Å². The summed E-state index contributed by atoms with van der Waals surface area (Å²) in [7, 11) is 0. The van der Waals surface area contributed by atoms with Crippen LogP contribution in [0.5, 0.6) is 0 Å². The fourth-order valence-corrected chi connectivity index (χ4v) is 2.85. The lowest BCUT2D eigenvalue weighted by Gasteiger charge is -2.06. The Kier molecular flexibility index (Phi) is 5.33. The minimum absolute atomic E-state index is 0.0341. The van der Waals surface area contributed by atoms with E-state index >= 15 is 0 Å². The van der Waals surface area contributed by atoms with E-state index in [1.54, 1.807) is 24.3 Å². The first-order valence-electron chi connectivity index (χ1n) is 7.25. The van der Waals surface area contributed by atoms with Gasteiger partial charge in [-0.25, -0.2) is 4.98 Å². The highest BCUT2D eigenvalue weighted by Crippen LogP contribution is 2.29. The highest BCUT2D eigenvalue weighted by Gasteiger charge is 2.30. The van der Waals surface area contributed by atoms with Gasteiger partial charge in [0.1, 0.15) is 5.69 Å². The molecular weight excluding hydrogens is 389 g/mol. The summed E-state index contributed by atoms with van der Waals surface area (Å²) in [5.41, 5.74) is 0.396. The Bertz CT molecular complexity index is 909. The minimum Gasteiger partial charge on any atom is -0.352 e. The molecule has 0 aliphatic carbocycles. The zero-order valence-electron chi connectivity index (χ0n) is 13.0. The number of nitrogens with zero attached hydrogens (tertiary/aromatic N) is 2. The fourth-order valence-electron chi connectivity index (χ4n) is 2.01. The van der Waals surface area contributed by atoms with Crippen molar-refractivity contribution in [1.82, 2.24) is 10.1 Å². The van der Waals surface area contributed by atoms with Gasteiger partial charge in [-0.05, 0) is 24.3 Å². The topological polar surface area (TPSA) is 56.0 Å². The Balaban J connectivity index is 1.63. The number of halogens is 4. The zero-order valence-corrected chi connectivity index (χ0v) is 14.5. The van der Waals surface area contributed by atoms with Gasteiger partial charge in [-0.1, -0.05) is 40.7 Å². The molecule has 3 rings (SSSR count). The third-order valence-electron chi connectivity index (χ3n) is 3.34.